The molecule has 2 unspecified atom stereocenters. The van der Waals surface area contributed by atoms with Gasteiger partial charge in [0.2, 0.25) is 0 Å². The Morgan fingerprint density at radius 2 is 1.68 bits per heavy atom. The van der Waals surface area contributed by atoms with Gasteiger partial charge in [0.25, 0.3) is 0 Å². The minimum Gasteiger partial charge on any atom is -0.207 e. The maximum Gasteiger partial charge on any atom is 0.123 e. The number of aryl methyl sites for hydroxylation is 1. The molecule has 0 N–H and O–H groups in total. The van der Waals surface area contributed by atoms with Crippen LogP contribution in [-0.4, -0.2) is 0 Å². The summed E-state index contributed by atoms with van der Waals surface area (Å²) in [7, 11) is 0. The summed E-state index contributed by atoms with van der Waals surface area (Å²) in [6.45, 7) is 6.93. The minimum atomic E-state index is -0.112. The first-order chi connectivity index (χ1) is 9.11. The molecule has 0 aromatic heterocycles. The topological polar surface area (TPSA) is 0 Å². The van der Waals surface area contributed by atoms with Gasteiger partial charge in [-0.1, -0.05) is 65.0 Å². The Labute approximate surface area is 118 Å². The zero-order chi connectivity index (χ0) is 14.1. The van der Waals surface area contributed by atoms with E-state index in [1.807, 2.05) is 12.1 Å². The van der Waals surface area contributed by atoms with Crippen molar-refractivity contribution >= 4 is 0 Å². The number of halogens is 1. The van der Waals surface area contributed by atoms with Crippen LogP contribution in [0.1, 0.15) is 64.9 Å². The third-order valence-electron chi connectivity index (χ3n) is 4.16. The first kappa shape index (κ1) is 16.2. The van der Waals surface area contributed by atoms with Crippen molar-refractivity contribution in [3.8, 4) is 0 Å². The summed E-state index contributed by atoms with van der Waals surface area (Å²) in [5, 5.41) is 0. The third kappa shape index (κ3) is 7.34. The van der Waals surface area contributed by atoms with Crippen LogP contribution < -0.4 is 0 Å². The molecule has 0 aliphatic rings. The van der Waals surface area contributed by atoms with Crippen LogP contribution in [0.5, 0.6) is 0 Å². The molecule has 1 heteroatoms. The molecular weight excluding hydrogens is 235 g/mol. The van der Waals surface area contributed by atoms with Crippen LogP contribution in [-0.2, 0) is 6.42 Å². The molecular formula is C18H29F. The lowest BCUT2D eigenvalue weighted by Crippen LogP contribution is -1.99. The SMILES string of the molecule is CCC(C)CCCCC(C)CCc1cccc(F)c1. The summed E-state index contributed by atoms with van der Waals surface area (Å²) in [6, 6.07) is 7.01. The zero-order valence-corrected chi connectivity index (χ0v) is 12.8. The summed E-state index contributed by atoms with van der Waals surface area (Å²) >= 11 is 0. The number of benzene rings is 1. The van der Waals surface area contributed by atoms with E-state index in [9.17, 15) is 4.39 Å². The van der Waals surface area contributed by atoms with Crippen molar-refractivity contribution in [2.45, 2.75) is 65.7 Å². The van der Waals surface area contributed by atoms with Gasteiger partial charge in [-0.3, -0.25) is 0 Å². The molecule has 1 rings (SSSR count). The smallest absolute Gasteiger partial charge is 0.123 e. The van der Waals surface area contributed by atoms with E-state index in [0.717, 1.165) is 23.8 Å². The van der Waals surface area contributed by atoms with Gasteiger partial charge < -0.3 is 0 Å². The molecule has 1 aromatic rings. The van der Waals surface area contributed by atoms with Crippen molar-refractivity contribution in [3.05, 3.63) is 35.6 Å². The standard InChI is InChI=1S/C18H29F/c1-4-15(2)8-5-6-9-16(3)12-13-17-10-7-11-18(19)14-17/h7,10-11,14-16H,4-6,8-9,12-13H2,1-3H3. The van der Waals surface area contributed by atoms with Crippen molar-refractivity contribution in [2.24, 2.45) is 11.8 Å². The summed E-state index contributed by atoms with van der Waals surface area (Å²) in [6.07, 6.45) is 8.86. The predicted molar refractivity (Wildman–Crippen MR) is 81.8 cm³/mol. The molecule has 0 radical (unpaired) electrons. The average Bonchev–Trinajstić information content (AvgIpc) is 2.41. The molecule has 0 aliphatic heterocycles. The van der Waals surface area contributed by atoms with E-state index in [1.54, 1.807) is 6.07 Å². The highest BCUT2D eigenvalue weighted by Gasteiger charge is 2.05. The maximum absolute atomic E-state index is 13.0. The van der Waals surface area contributed by atoms with Gasteiger partial charge in [0.15, 0.2) is 0 Å². The highest BCUT2D eigenvalue weighted by molar-refractivity contribution is 5.16. The molecule has 0 spiro atoms. The first-order valence-corrected chi connectivity index (χ1v) is 7.86. The fourth-order valence-corrected chi connectivity index (χ4v) is 2.44. The van der Waals surface area contributed by atoms with Gasteiger partial charge in [-0.2, -0.15) is 0 Å². The van der Waals surface area contributed by atoms with E-state index in [0.29, 0.717) is 0 Å². The monoisotopic (exact) mass is 264 g/mol. The normalized spacial score (nSPS) is 14.3. The van der Waals surface area contributed by atoms with Crippen LogP contribution in [0.3, 0.4) is 0 Å². The van der Waals surface area contributed by atoms with Crippen LogP contribution in [0.2, 0.25) is 0 Å². The second-order valence-corrected chi connectivity index (χ2v) is 6.07. The molecule has 0 amide bonds. The third-order valence-corrected chi connectivity index (χ3v) is 4.16. The van der Waals surface area contributed by atoms with Crippen LogP contribution >= 0.6 is 0 Å². The summed E-state index contributed by atoms with van der Waals surface area (Å²) in [5.74, 6) is 1.52. The second kappa shape index (κ2) is 9.12. The number of rotatable bonds is 9. The molecule has 0 nitrogen and oxygen atoms in total. The molecule has 0 heterocycles. The quantitative estimate of drug-likeness (QED) is 0.480. The van der Waals surface area contributed by atoms with E-state index in [1.165, 1.54) is 44.6 Å². The Morgan fingerprint density at radius 3 is 2.32 bits per heavy atom. The van der Waals surface area contributed by atoms with Crippen molar-refractivity contribution in [3.63, 3.8) is 0 Å². The Bertz CT molecular complexity index is 345. The summed E-state index contributed by atoms with van der Waals surface area (Å²) < 4.78 is 13.0. The van der Waals surface area contributed by atoms with Gasteiger partial charge in [0.1, 0.15) is 5.82 Å². The zero-order valence-electron chi connectivity index (χ0n) is 12.8. The molecule has 108 valence electrons. The van der Waals surface area contributed by atoms with Crippen molar-refractivity contribution in [1.29, 1.82) is 0 Å². The van der Waals surface area contributed by atoms with Gasteiger partial charge in [0.05, 0.1) is 0 Å². The molecule has 0 fully saturated rings. The molecule has 2 atom stereocenters. The lowest BCUT2D eigenvalue weighted by atomic mass is 9.94. The number of unbranched alkanes of at least 4 members (excludes halogenated alkanes) is 1. The van der Waals surface area contributed by atoms with Crippen LogP contribution in [0.4, 0.5) is 4.39 Å². The maximum atomic E-state index is 13.0. The van der Waals surface area contributed by atoms with Gasteiger partial charge in [-0.25, -0.2) is 4.39 Å². The number of hydrogen-bond donors (Lipinski definition) is 0. The van der Waals surface area contributed by atoms with Crippen molar-refractivity contribution in [2.75, 3.05) is 0 Å². The Hall–Kier alpha value is -0.850. The fourth-order valence-electron chi connectivity index (χ4n) is 2.44. The van der Waals surface area contributed by atoms with Crippen LogP contribution in [0, 0.1) is 17.7 Å². The van der Waals surface area contributed by atoms with E-state index in [-0.39, 0.29) is 5.82 Å². The number of hydrogen-bond acceptors (Lipinski definition) is 0. The highest BCUT2D eigenvalue weighted by atomic mass is 19.1. The largest absolute Gasteiger partial charge is 0.207 e. The first-order valence-electron chi connectivity index (χ1n) is 7.86. The molecule has 0 aliphatic carbocycles. The van der Waals surface area contributed by atoms with E-state index in [2.05, 4.69) is 20.8 Å². The molecule has 19 heavy (non-hydrogen) atoms. The minimum absolute atomic E-state index is 0.112. The van der Waals surface area contributed by atoms with Gasteiger partial charge in [-0.15, -0.1) is 0 Å². The van der Waals surface area contributed by atoms with Crippen LogP contribution in [0.15, 0.2) is 24.3 Å². The molecule has 0 bridgehead atoms. The Balaban J connectivity index is 2.12. The molecule has 0 saturated carbocycles. The summed E-state index contributed by atoms with van der Waals surface area (Å²) in [4.78, 5) is 0. The van der Waals surface area contributed by atoms with Crippen molar-refractivity contribution < 1.29 is 4.39 Å². The fraction of sp³-hybridized carbons (Fsp3) is 0.667. The predicted octanol–water partition coefficient (Wildman–Crippen LogP) is 6.00. The lowest BCUT2D eigenvalue weighted by Gasteiger charge is -2.12. The Morgan fingerprint density at radius 1 is 1.00 bits per heavy atom. The average molecular weight is 264 g/mol. The molecule has 0 saturated heterocycles. The Kier molecular flexibility index (Phi) is 7.78. The van der Waals surface area contributed by atoms with E-state index >= 15 is 0 Å². The lowest BCUT2D eigenvalue weighted by molar-refractivity contribution is 0.427. The van der Waals surface area contributed by atoms with Gasteiger partial charge >= 0.3 is 0 Å². The highest BCUT2D eigenvalue weighted by Crippen LogP contribution is 2.18. The van der Waals surface area contributed by atoms with Gasteiger partial charge in [0, 0.05) is 0 Å². The van der Waals surface area contributed by atoms with Gasteiger partial charge in [-0.05, 0) is 42.4 Å². The van der Waals surface area contributed by atoms with Crippen LogP contribution in [0.25, 0.3) is 0 Å². The van der Waals surface area contributed by atoms with E-state index < -0.39 is 0 Å². The second-order valence-electron chi connectivity index (χ2n) is 6.07. The van der Waals surface area contributed by atoms with Crippen molar-refractivity contribution in [1.82, 2.24) is 0 Å². The van der Waals surface area contributed by atoms with E-state index in [4.69, 9.17) is 0 Å². The molecule has 1 aromatic carbocycles. The summed E-state index contributed by atoms with van der Waals surface area (Å²) in [5.41, 5.74) is 1.13.